The molecule has 0 saturated heterocycles. The zero-order valence-corrected chi connectivity index (χ0v) is 18.8. The third-order valence-corrected chi connectivity index (χ3v) is 6.34. The number of carboxylic acid groups (broad SMARTS) is 1. The SMILES string of the molecule is Cc1nc(-c2ccc(C(F)(F)F)cc2)sc1Cn1ncc2cc(OC(C)(C)C(=O)O)ccc21. The second kappa shape index (κ2) is 8.18. The zero-order valence-electron chi connectivity index (χ0n) is 18.0. The third-order valence-electron chi connectivity index (χ3n) is 5.15. The molecule has 2 aromatic heterocycles. The normalized spacial score (nSPS) is 12.3. The molecule has 10 heteroatoms. The van der Waals surface area contributed by atoms with Crippen LogP contribution in [0.3, 0.4) is 0 Å². The van der Waals surface area contributed by atoms with Crippen LogP contribution in [0.4, 0.5) is 13.2 Å². The van der Waals surface area contributed by atoms with Crippen molar-refractivity contribution in [1.29, 1.82) is 0 Å². The number of carbonyl (C=O) groups is 1. The monoisotopic (exact) mass is 475 g/mol. The number of rotatable bonds is 6. The molecular formula is C23H20F3N3O3S. The molecule has 0 saturated carbocycles. The molecule has 0 bridgehead atoms. The number of thiazole rings is 1. The van der Waals surface area contributed by atoms with E-state index in [1.54, 1.807) is 23.0 Å². The Kier molecular flexibility index (Phi) is 5.65. The van der Waals surface area contributed by atoms with Crippen LogP contribution in [-0.2, 0) is 17.5 Å². The minimum Gasteiger partial charge on any atom is -0.478 e. The smallest absolute Gasteiger partial charge is 0.416 e. The first-order valence-corrected chi connectivity index (χ1v) is 10.8. The summed E-state index contributed by atoms with van der Waals surface area (Å²) >= 11 is 1.40. The Balaban J connectivity index is 1.56. The van der Waals surface area contributed by atoms with E-state index in [-0.39, 0.29) is 0 Å². The maximum Gasteiger partial charge on any atom is 0.416 e. The highest BCUT2D eigenvalue weighted by atomic mass is 32.1. The van der Waals surface area contributed by atoms with Gasteiger partial charge in [-0.1, -0.05) is 12.1 Å². The highest BCUT2D eigenvalue weighted by Gasteiger charge is 2.30. The topological polar surface area (TPSA) is 77.2 Å². The van der Waals surface area contributed by atoms with Crippen molar-refractivity contribution in [3.05, 3.63) is 64.8 Å². The fraction of sp³-hybridized carbons (Fsp3) is 0.261. The molecule has 0 unspecified atom stereocenters. The molecule has 2 heterocycles. The quantitative estimate of drug-likeness (QED) is 0.383. The number of aliphatic carboxylic acids is 1. The predicted molar refractivity (Wildman–Crippen MR) is 118 cm³/mol. The molecule has 0 aliphatic rings. The third kappa shape index (κ3) is 4.70. The second-order valence-corrected chi connectivity index (χ2v) is 9.13. The summed E-state index contributed by atoms with van der Waals surface area (Å²) in [5.74, 6) is -0.643. The summed E-state index contributed by atoms with van der Waals surface area (Å²) in [6, 6.07) is 10.2. The summed E-state index contributed by atoms with van der Waals surface area (Å²) < 4.78 is 45.8. The fourth-order valence-electron chi connectivity index (χ4n) is 3.23. The summed E-state index contributed by atoms with van der Waals surface area (Å²) in [6.07, 6.45) is -2.71. The van der Waals surface area contributed by atoms with Gasteiger partial charge in [0.25, 0.3) is 0 Å². The fourth-order valence-corrected chi connectivity index (χ4v) is 4.28. The van der Waals surface area contributed by atoms with Gasteiger partial charge >= 0.3 is 12.1 Å². The molecule has 4 rings (SSSR count). The Hall–Kier alpha value is -3.40. The van der Waals surface area contributed by atoms with E-state index in [0.717, 1.165) is 33.6 Å². The van der Waals surface area contributed by atoms with Gasteiger partial charge in [-0.15, -0.1) is 11.3 Å². The molecular weight excluding hydrogens is 455 g/mol. The van der Waals surface area contributed by atoms with Crippen molar-refractivity contribution < 1.29 is 27.8 Å². The molecule has 2 aromatic carbocycles. The first-order chi connectivity index (χ1) is 15.4. The Morgan fingerprint density at radius 3 is 2.48 bits per heavy atom. The Labute approximate surface area is 191 Å². The zero-order chi connectivity index (χ0) is 24.0. The van der Waals surface area contributed by atoms with Crippen molar-refractivity contribution in [2.75, 3.05) is 0 Å². The van der Waals surface area contributed by atoms with E-state index in [2.05, 4.69) is 10.1 Å². The first-order valence-electron chi connectivity index (χ1n) is 9.96. The number of nitrogens with zero attached hydrogens (tertiary/aromatic N) is 3. The largest absolute Gasteiger partial charge is 0.478 e. The van der Waals surface area contributed by atoms with Gasteiger partial charge in [-0.2, -0.15) is 18.3 Å². The summed E-state index contributed by atoms with van der Waals surface area (Å²) in [6.45, 7) is 5.24. The molecule has 1 N–H and O–H groups in total. The molecule has 4 aromatic rings. The lowest BCUT2D eigenvalue weighted by Gasteiger charge is -2.21. The standard InChI is InChI=1S/C23H20F3N3O3S/c1-13-19(33-20(28-13)14-4-6-16(7-5-14)23(24,25)26)12-29-18-9-8-17(10-15(18)11-27-29)32-22(2,3)21(30)31/h4-11H,12H2,1-3H3,(H,30,31). The van der Waals surface area contributed by atoms with Crippen LogP contribution in [0.1, 0.15) is 30.0 Å². The lowest BCUT2D eigenvalue weighted by atomic mass is 10.1. The van der Waals surface area contributed by atoms with Crippen LogP contribution in [0.25, 0.3) is 21.5 Å². The Morgan fingerprint density at radius 2 is 1.85 bits per heavy atom. The average molecular weight is 475 g/mol. The summed E-state index contributed by atoms with van der Waals surface area (Å²) in [5.41, 5.74) is 0.174. The number of hydrogen-bond donors (Lipinski definition) is 1. The van der Waals surface area contributed by atoms with Crippen LogP contribution in [-0.4, -0.2) is 31.4 Å². The van der Waals surface area contributed by atoms with Gasteiger partial charge in [-0.3, -0.25) is 4.68 Å². The van der Waals surface area contributed by atoms with E-state index in [4.69, 9.17) is 4.74 Å². The minimum absolute atomic E-state index is 0.424. The van der Waals surface area contributed by atoms with Crippen LogP contribution in [0, 0.1) is 6.92 Å². The highest BCUT2D eigenvalue weighted by molar-refractivity contribution is 7.15. The molecule has 0 aliphatic heterocycles. The van der Waals surface area contributed by atoms with E-state index < -0.39 is 23.3 Å². The number of benzene rings is 2. The predicted octanol–water partition coefficient (Wildman–Crippen LogP) is 5.78. The lowest BCUT2D eigenvalue weighted by molar-refractivity contribution is -0.152. The Bertz CT molecular complexity index is 1320. The number of hydrogen-bond acceptors (Lipinski definition) is 5. The van der Waals surface area contributed by atoms with Gasteiger partial charge in [-0.05, 0) is 51.1 Å². The van der Waals surface area contributed by atoms with Gasteiger partial charge in [0, 0.05) is 15.8 Å². The van der Waals surface area contributed by atoms with Crippen molar-refractivity contribution in [1.82, 2.24) is 14.8 Å². The van der Waals surface area contributed by atoms with Crippen molar-refractivity contribution in [2.24, 2.45) is 0 Å². The maximum absolute atomic E-state index is 12.8. The van der Waals surface area contributed by atoms with Crippen LogP contribution in [0.15, 0.2) is 48.7 Å². The van der Waals surface area contributed by atoms with Gasteiger partial charge in [0.05, 0.1) is 29.5 Å². The summed E-state index contributed by atoms with van der Waals surface area (Å²) in [5, 5.41) is 15.1. The molecule has 0 radical (unpaired) electrons. The van der Waals surface area contributed by atoms with Crippen molar-refractivity contribution in [3.63, 3.8) is 0 Å². The number of carboxylic acids is 1. The molecule has 172 valence electrons. The number of halogens is 3. The van der Waals surface area contributed by atoms with Crippen molar-refractivity contribution in [3.8, 4) is 16.3 Å². The summed E-state index contributed by atoms with van der Waals surface area (Å²) in [4.78, 5) is 16.8. The molecule has 6 nitrogen and oxygen atoms in total. The summed E-state index contributed by atoms with van der Waals surface area (Å²) in [7, 11) is 0. The lowest BCUT2D eigenvalue weighted by Crippen LogP contribution is -2.37. The van der Waals surface area contributed by atoms with Crippen molar-refractivity contribution in [2.45, 2.75) is 39.1 Å². The van der Waals surface area contributed by atoms with E-state index in [1.807, 2.05) is 13.0 Å². The van der Waals surface area contributed by atoms with E-state index >= 15 is 0 Å². The molecule has 0 amide bonds. The molecule has 33 heavy (non-hydrogen) atoms. The van der Waals surface area contributed by atoms with Crippen LogP contribution in [0.2, 0.25) is 0 Å². The number of aromatic nitrogens is 3. The second-order valence-electron chi connectivity index (χ2n) is 8.04. The maximum atomic E-state index is 12.8. The van der Waals surface area contributed by atoms with E-state index in [9.17, 15) is 23.1 Å². The molecule has 0 spiro atoms. The van der Waals surface area contributed by atoms with Gasteiger partial charge in [0.2, 0.25) is 0 Å². The van der Waals surface area contributed by atoms with Crippen LogP contribution >= 0.6 is 11.3 Å². The van der Waals surface area contributed by atoms with Crippen LogP contribution in [0.5, 0.6) is 5.75 Å². The van der Waals surface area contributed by atoms with E-state index in [0.29, 0.717) is 22.9 Å². The number of aryl methyl sites for hydroxylation is 1. The highest BCUT2D eigenvalue weighted by Crippen LogP contribution is 2.33. The van der Waals surface area contributed by atoms with Gasteiger partial charge in [0.15, 0.2) is 5.60 Å². The number of fused-ring (bicyclic) bond motifs is 1. The van der Waals surface area contributed by atoms with Crippen molar-refractivity contribution >= 4 is 28.2 Å². The van der Waals surface area contributed by atoms with Gasteiger partial charge < -0.3 is 9.84 Å². The number of ether oxygens (including phenoxy) is 1. The van der Waals surface area contributed by atoms with Crippen LogP contribution < -0.4 is 4.74 Å². The molecule has 0 atom stereocenters. The molecule has 0 aliphatic carbocycles. The average Bonchev–Trinajstić information content (AvgIpc) is 3.30. The van der Waals surface area contributed by atoms with Gasteiger partial charge in [-0.25, -0.2) is 9.78 Å². The molecule has 0 fully saturated rings. The number of alkyl halides is 3. The van der Waals surface area contributed by atoms with E-state index in [1.165, 1.54) is 37.3 Å². The first kappa shape index (κ1) is 22.8. The Morgan fingerprint density at radius 1 is 1.15 bits per heavy atom. The van der Waals surface area contributed by atoms with Gasteiger partial charge in [0.1, 0.15) is 10.8 Å². The minimum atomic E-state index is -4.38.